The summed E-state index contributed by atoms with van der Waals surface area (Å²) in [6.45, 7) is 4.09. The highest BCUT2D eigenvalue weighted by Crippen LogP contribution is 2.28. The number of para-hydroxylation sites is 1. The number of carbonyl (C=O) groups is 2. The van der Waals surface area contributed by atoms with Crippen LogP contribution in [0.2, 0.25) is 0 Å². The number of rotatable bonds is 8. The zero-order chi connectivity index (χ0) is 18.4. The summed E-state index contributed by atoms with van der Waals surface area (Å²) in [5.74, 6) is -0.685. The van der Waals surface area contributed by atoms with Gasteiger partial charge in [-0.1, -0.05) is 18.2 Å². The number of amides is 1. The molecule has 0 spiro atoms. The van der Waals surface area contributed by atoms with Crippen molar-refractivity contribution in [2.24, 2.45) is 0 Å². The van der Waals surface area contributed by atoms with E-state index in [1.165, 1.54) is 12.1 Å². The monoisotopic (exact) mass is 363 g/mol. The van der Waals surface area contributed by atoms with E-state index in [0.717, 1.165) is 16.9 Å². The minimum absolute atomic E-state index is 0.0350. The van der Waals surface area contributed by atoms with Crippen molar-refractivity contribution >= 4 is 23.2 Å². The third kappa shape index (κ3) is 5.04. The van der Waals surface area contributed by atoms with Gasteiger partial charge in [0, 0.05) is 12.1 Å². The number of hydrogen-bond donors (Lipinski definition) is 2. The van der Waals surface area contributed by atoms with Crippen LogP contribution in [0.3, 0.4) is 0 Å². The quantitative estimate of drug-likeness (QED) is 0.751. The Labute approximate surface area is 150 Å². The van der Waals surface area contributed by atoms with Crippen molar-refractivity contribution in [3.8, 4) is 5.75 Å². The van der Waals surface area contributed by atoms with E-state index in [9.17, 15) is 9.59 Å². The Balaban J connectivity index is 2.11. The smallest absolute Gasteiger partial charge is 0.345 e. The van der Waals surface area contributed by atoms with Gasteiger partial charge in [0.25, 0.3) is 5.91 Å². The summed E-state index contributed by atoms with van der Waals surface area (Å²) >= 11 is 0.941. The van der Waals surface area contributed by atoms with Crippen molar-refractivity contribution < 1.29 is 24.2 Å². The van der Waals surface area contributed by atoms with Crippen molar-refractivity contribution in [1.29, 1.82) is 0 Å². The van der Waals surface area contributed by atoms with E-state index < -0.39 is 5.97 Å². The Morgan fingerprint density at radius 3 is 2.44 bits per heavy atom. The molecule has 134 valence electrons. The van der Waals surface area contributed by atoms with Crippen molar-refractivity contribution in [1.82, 2.24) is 5.32 Å². The standard InChI is InChI=1S/C18H21NO5S/c1-11(2)24-14(12-6-4-5-7-13(12)23-3)10-19-17(20)15-8-9-16(25-15)18(21)22/h4-9,11,14H,10H2,1-3H3,(H,19,20)(H,21,22). The lowest BCUT2D eigenvalue weighted by molar-refractivity contribution is 0.00614. The Morgan fingerprint density at radius 2 is 1.84 bits per heavy atom. The van der Waals surface area contributed by atoms with Gasteiger partial charge in [-0.2, -0.15) is 0 Å². The molecule has 25 heavy (non-hydrogen) atoms. The predicted molar refractivity (Wildman–Crippen MR) is 95.6 cm³/mol. The van der Waals surface area contributed by atoms with Gasteiger partial charge < -0.3 is 19.9 Å². The number of methoxy groups -OCH3 is 1. The Bertz CT molecular complexity index is 741. The molecule has 2 rings (SSSR count). The average Bonchev–Trinajstić information content (AvgIpc) is 3.08. The SMILES string of the molecule is COc1ccccc1C(CNC(=O)c1ccc(C(=O)O)s1)OC(C)C. The third-order valence-corrected chi connectivity index (χ3v) is 4.48. The molecule has 0 bridgehead atoms. The van der Waals surface area contributed by atoms with Crippen LogP contribution >= 0.6 is 11.3 Å². The molecule has 0 aliphatic heterocycles. The van der Waals surface area contributed by atoms with Gasteiger partial charge in [-0.15, -0.1) is 11.3 Å². The molecule has 1 aromatic carbocycles. The summed E-state index contributed by atoms with van der Waals surface area (Å²) in [5, 5.41) is 11.8. The normalized spacial score (nSPS) is 12.0. The molecule has 0 fully saturated rings. The molecular weight excluding hydrogens is 342 g/mol. The summed E-state index contributed by atoms with van der Waals surface area (Å²) in [4.78, 5) is 23.7. The molecule has 1 aromatic heterocycles. The highest BCUT2D eigenvalue weighted by atomic mass is 32.1. The van der Waals surface area contributed by atoms with Crippen LogP contribution in [0.5, 0.6) is 5.75 Å². The van der Waals surface area contributed by atoms with Crippen LogP contribution in [0.4, 0.5) is 0 Å². The van der Waals surface area contributed by atoms with Gasteiger partial charge in [0.05, 0.1) is 18.1 Å². The number of ether oxygens (including phenoxy) is 2. The second-order valence-corrected chi connectivity index (χ2v) is 6.68. The summed E-state index contributed by atoms with van der Waals surface area (Å²) in [7, 11) is 1.59. The Morgan fingerprint density at radius 1 is 1.16 bits per heavy atom. The molecule has 1 unspecified atom stereocenters. The lowest BCUT2D eigenvalue weighted by atomic mass is 10.1. The van der Waals surface area contributed by atoms with Gasteiger partial charge in [0.1, 0.15) is 16.7 Å². The van der Waals surface area contributed by atoms with Gasteiger partial charge in [-0.3, -0.25) is 4.79 Å². The molecule has 6 nitrogen and oxygen atoms in total. The van der Waals surface area contributed by atoms with Crippen molar-refractivity contribution in [3.63, 3.8) is 0 Å². The second kappa shape index (κ2) is 8.64. The first-order valence-electron chi connectivity index (χ1n) is 7.82. The van der Waals surface area contributed by atoms with Crippen LogP contribution < -0.4 is 10.1 Å². The number of hydrogen-bond acceptors (Lipinski definition) is 5. The number of thiophene rings is 1. The topological polar surface area (TPSA) is 84.9 Å². The number of aromatic carboxylic acids is 1. The maximum absolute atomic E-state index is 12.3. The molecule has 1 heterocycles. The van der Waals surface area contributed by atoms with E-state index in [0.29, 0.717) is 10.6 Å². The van der Waals surface area contributed by atoms with E-state index >= 15 is 0 Å². The number of carboxylic acids is 1. The summed E-state index contributed by atoms with van der Waals surface area (Å²) in [6, 6.07) is 10.4. The molecular formula is C18H21NO5S. The molecule has 0 radical (unpaired) electrons. The number of benzene rings is 1. The van der Waals surface area contributed by atoms with Crippen LogP contribution in [-0.4, -0.2) is 36.7 Å². The van der Waals surface area contributed by atoms with E-state index in [-0.39, 0.29) is 29.5 Å². The maximum atomic E-state index is 12.3. The van der Waals surface area contributed by atoms with E-state index in [1.807, 2.05) is 38.1 Å². The van der Waals surface area contributed by atoms with Crippen LogP contribution in [-0.2, 0) is 4.74 Å². The zero-order valence-electron chi connectivity index (χ0n) is 14.3. The predicted octanol–water partition coefficient (Wildman–Crippen LogP) is 3.35. The fraction of sp³-hybridized carbons (Fsp3) is 0.333. The van der Waals surface area contributed by atoms with Gasteiger partial charge >= 0.3 is 5.97 Å². The number of carboxylic acid groups (broad SMARTS) is 1. The van der Waals surface area contributed by atoms with Crippen LogP contribution in [0.25, 0.3) is 0 Å². The third-order valence-electron chi connectivity index (χ3n) is 3.41. The van der Waals surface area contributed by atoms with E-state index in [2.05, 4.69) is 5.32 Å². The summed E-state index contributed by atoms with van der Waals surface area (Å²) in [5.41, 5.74) is 0.844. The minimum atomic E-state index is -1.04. The molecule has 0 saturated carbocycles. The molecule has 7 heteroatoms. The van der Waals surface area contributed by atoms with Gasteiger partial charge in [0.15, 0.2) is 0 Å². The molecule has 1 atom stereocenters. The Hall–Kier alpha value is -2.38. The Kier molecular flexibility index (Phi) is 6.55. The fourth-order valence-corrected chi connectivity index (χ4v) is 3.10. The summed E-state index contributed by atoms with van der Waals surface area (Å²) < 4.78 is 11.3. The van der Waals surface area contributed by atoms with E-state index in [4.69, 9.17) is 14.6 Å². The number of nitrogens with one attached hydrogen (secondary N) is 1. The maximum Gasteiger partial charge on any atom is 0.345 e. The average molecular weight is 363 g/mol. The highest BCUT2D eigenvalue weighted by Gasteiger charge is 2.20. The summed E-state index contributed by atoms with van der Waals surface area (Å²) in [6.07, 6.45) is -0.411. The second-order valence-electron chi connectivity index (χ2n) is 5.59. The lowest BCUT2D eigenvalue weighted by Crippen LogP contribution is -2.30. The molecule has 0 aliphatic rings. The zero-order valence-corrected chi connectivity index (χ0v) is 15.1. The molecule has 1 amide bonds. The van der Waals surface area contributed by atoms with Gasteiger partial charge in [-0.25, -0.2) is 4.79 Å². The fourth-order valence-electron chi connectivity index (χ4n) is 2.34. The van der Waals surface area contributed by atoms with Crippen molar-refractivity contribution in [2.75, 3.05) is 13.7 Å². The number of carbonyl (C=O) groups excluding carboxylic acids is 1. The largest absolute Gasteiger partial charge is 0.496 e. The molecule has 0 saturated heterocycles. The van der Waals surface area contributed by atoms with Crippen LogP contribution in [0.1, 0.15) is 44.9 Å². The van der Waals surface area contributed by atoms with E-state index in [1.54, 1.807) is 7.11 Å². The lowest BCUT2D eigenvalue weighted by Gasteiger charge is -2.23. The van der Waals surface area contributed by atoms with Crippen molar-refractivity contribution in [2.45, 2.75) is 26.1 Å². The first kappa shape index (κ1) is 19.0. The first-order chi connectivity index (χ1) is 11.9. The van der Waals surface area contributed by atoms with Crippen molar-refractivity contribution in [3.05, 3.63) is 51.7 Å². The molecule has 2 N–H and O–H groups in total. The van der Waals surface area contributed by atoms with Gasteiger partial charge in [-0.05, 0) is 32.0 Å². The first-order valence-corrected chi connectivity index (χ1v) is 8.63. The molecule has 2 aromatic rings. The molecule has 0 aliphatic carbocycles. The van der Waals surface area contributed by atoms with Gasteiger partial charge in [0.2, 0.25) is 0 Å². The van der Waals surface area contributed by atoms with Crippen LogP contribution in [0.15, 0.2) is 36.4 Å². The highest BCUT2D eigenvalue weighted by molar-refractivity contribution is 7.15. The van der Waals surface area contributed by atoms with Crippen LogP contribution in [0, 0.1) is 0 Å². The minimum Gasteiger partial charge on any atom is -0.496 e.